The third-order valence-electron chi connectivity index (χ3n) is 5.82. The predicted molar refractivity (Wildman–Crippen MR) is 146 cm³/mol. The highest BCUT2D eigenvalue weighted by Crippen LogP contribution is 2.35. The van der Waals surface area contributed by atoms with Crippen LogP contribution in [0.5, 0.6) is 11.5 Å². The third-order valence-corrected chi connectivity index (χ3v) is 6.59. The molecular formula is C27H34N4O6S. The fourth-order valence-corrected chi connectivity index (χ4v) is 5.03. The molecule has 3 aromatic rings. The van der Waals surface area contributed by atoms with E-state index in [0.717, 1.165) is 10.5 Å². The molecule has 0 saturated carbocycles. The van der Waals surface area contributed by atoms with Gasteiger partial charge in [-0.15, -0.1) is 11.3 Å². The van der Waals surface area contributed by atoms with E-state index in [9.17, 15) is 9.59 Å². The molecule has 0 bridgehead atoms. The minimum atomic E-state index is -0.810. The van der Waals surface area contributed by atoms with Gasteiger partial charge in [0.2, 0.25) is 0 Å². The van der Waals surface area contributed by atoms with Gasteiger partial charge in [0.05, 0.1) is 32.0 Å². The second-order valence-electron chi connectivity index (χ2n) is 10.4. The van der Waals surface area contributed by atoms with E-state index in [1.54, 1.807) is 27.9 Å². The molecule has 38 heavy (non-hydrogen) atoms. The van der Waals surface area contributed by atoms with E-state index < -0.39 is 29.8 Å². The van der Waals surface area contributed by atoms with Crippen LogP contribution in [0.4, 0.5) is 9.93 Å². The number of nitrogens with zero attached hydrogens (tertiary/aromatic N) is 3. The molecule has 1 fully saturated rings. The van der Waals surface area contributed by atoms with E-state index in [2.05, 4.69) is 24.1 Å². The number of likely N-dealkylation sites (tertiary alicyclic amines) is 1. The third kappa shape index (κ3) is 6.27. The summed E-state index contributed by atoms with van der Waals surface area (Å²) < 4.78 is 22.4. The number of nitrogens with one attached hydrogen (secondary N) is 1. The molecule has 0 radical (unpaired) electrons. The van der Waals surface area contributed by atoms with Crippen molar-refractivity contribution in [1.82, 2.24) is 14.9 Å². The Morgan fingerprint density at radius 2 is 1.89 bits per heavy atom. The van der Waals surface area contributed by atoms with Crippen molar-refractivity contribution >= 4 is 39.4 Å². The second-order valence-corrected chi connectivity index (χ2v) is 11.2. The Hall–Kier alpha value is -3.60. The second kappa shape index (κ2) is 11.0. The van der Waals surface area contributed by atoms with E-state index >= 15 is 0 Å². The first kappa shape index (κ1) is 27.4. The monoisotopic (exact) mass is 542 g/mol. The van der Waals surface area contributed by atoms with E-state index in [1.165, 1.54) is 23.3 Å². The fraction of sp³-hybridized carbons (Fsp3) is 0.481. The molecule has 1 aromatic carbocycles. The summed E-state index contributed by atoms with van der Waals surface area (Å²) in [5.41, 5.74) is 1.32. The Bertz CT molecular complexity index is 1320. The molecular weight excluding hydrogens is 508 g/mol. The molecule has 0 aliphatic carbocycles. The van der Waals surface area contributed by atoms with E-state index in [0.29, 0.717) is 28.4 Å². The zero-order valence-electron chi connectivity index (χ0n) is 22.7. The molecule has 1 amide bonds. The lowest BCUT2D eigenvalue weighted by Gasteiger charge is -2.27. The summed E-state index contributed by atoms with van der Waals surface area (Å²) in [6.07, 6.45) is -0.794. The van der Waals surface area contributed by atoms with E-state index in [1.807, 2.05) is 29.6 Å². The SMILES string of the molecule is COC(=O)[C@H]1C[C@@H](Oc2cc(-c3csc(NC(C)C)n3)nc3cc(OC)ccc23)CN1C(=O)OC(C)(C)C. The highest BCUT2D eigenvalue weighted by molar-refractivity contribution is 7.14. The van der Waals surface area contributed by atoms with Crippen molar-refractivity contribution in [3.8, 4) is 22.9 Å². The Balaban J connectivity index is 1.68. The first-order valence-electron chi connectivity index (χ1n) is 12.4. The van der Waals surface area contributed by atoms with E-state index in [4.69, 9.17) is 23.9 Å². The number of ether oxygens (including phenoxy) is 4. The van der Waals surface area contributed by atoms with Crippen molar-refractivity contribution in [2.45, 2.75) is 64.8 Å². The number of benzene rings is 1. The number of anilines is 1. The summed E-state index contributed by atoms with van der Waals surface area (Å²) in [7, 11) is 2.90. The number of fused-ring (bicyclic) bond motifs is 1. The number of carbonyl (C=O) groups excluding carboxylic acids is 2. The minimum absolute atomic E-state index is 0.170. The number of esters is 1. The maximum Gasteiger partial charge on any atom is 0.411 e. The van der Waals surface area contributed by atoms with Crippen LogP contribution in [0.1, 0.15) is 41.0 Å². The van der Waals surface area contributed by atoms with Crippen LogP contribution < -0.4 is 14.8 Å². The van der Waals surface area contributed by atoms with Gasteiger partial charge in [-0.3, -0.25) is 4.90 Å². The first-order valence-corrected chi connectivity index (χ1v) is 13.3. The number of aromatic nitrogens is 2. The highest BCUT2D eigenvalue weighted by Gasteiger charge is 2.43. The molecule has 1 saturated heterocycles. The van der Waals surface area contributed by atoms with Crippen LogP contribution in [0.3, 0.4) is 0 Å². The van der Waals surface area contributed by atoms with Gasteiger partial charge in [0, 0.05) is 35.4 Å². The fourth-order valence-electron chi connectivity index (χ4n) is 4.18. The van der Waals surface area contributed by atoms with Crippen molar-refractivity contribution in [3.63, 3.8) is 0 Å². The normalized spacial score (nSPS) is 17.5. The van der Waals surface area contributed by atoms with Gasteiger partial charge in [0.15, 0.2) is 5.13 Å². The van der Waals surface area contributed by atoms with Crippen LogP contribution in [0, 0.1) is 0 Å². The van der Waals surface area contributed by atoms with Gasteiger partial charge < -0.3 is 24.3 Å². The zero-order valence-corrected chi connectivity index (χ0v) is 23.5. The number of carbonyl (C=O) groups is 2. The summed E-state index contributed by atoms with van der Waals surface area (Å²) in [6, 6.07) is 6.83. The average Bonchev–Trinajstić information content (AvgIpc) is 3.49. The smallest absolute Gasteiger partial charge is 0.411 e. The largest absolute Gasteiger partial charge is 0.497 e. The zero-order chi connectivity index (χ0) is 27.6. The van der Waals surface area contributed by atoms with Gasteiger partial charge in [0.1, 0.15) is 34.9 Å². The first-order chi connectivity index (χ1) is 18.0. The van der Waals surface area contributed by atoms with Gasteiger partial charge in [-0.05, 0) is 46.8 Å². The molecule has 1 aliphatic heterocycles. The summed E-state index contributed by atoms with van der Waals surface area (Å²) in [4.78, 5) is 36.3. The maximum absolute atomic E-state index is 12.9. The van der Waals surface area contributed by atoms with Crippen LogP contribution in [0.15, 0.2) is 29.6 Å². The molecule has 3 heterocycles. The molecule has 204 valence electrons. The summed E-state index contributed by atoms with van der Waals surface area (Å²) in [5.74, 6) is 0.717. The van der Waals surface area contributed by atoms with Gasteiger partial charge >= 0.3 is 12.1 Å². The standard InChI is InChI=1S/C27H34N4O6S/c1-15(2)28-25-30-21(14-38-25)20-12-23(18-9-8-16(34-6)10-19(18)29-20)36-17-11-22(24(32)35-7)31(13-17)26(33)37-27(3,4)5/h8-10,12,14-15,17,22H,11,13H2,1-7H3,(H,28,30)/t17-,22-/m1/s1. The molecule has 10 nitrogen and oxygen atoms in total. The number of rotatable bonds is 7. The number of thiazole rings is 1. The Kier molecular flexibility index (Phi) is 7.96. The lowest BCUT2D eigenvalue weighted by molar-refractivity contribution is -0.145. The summed E-state index contributed by atoms with van der Waals surface area (Å²) >= 11 is 1.50. The number of amides is 1. The average molecular weight is 543 g/mol. The number of pyridine rings is 1. The number of hydrogen-bond donors (Lipinski definition) is 1. The van der Waals surface area contributed by atoms with Crippen molar-refractivity contribution in [3.05, 3.63) is 29.6 Å². The summed E-state index contributed by atoms with van der Waals surface area (Å²) in [5, 5.41) is 6.83. The van der Waals surface area contributed by atoms with Crippen LogP contribution in [0.25, 0.3) is 22.3 Å². The van der Waals surface area contributed by atoms with Crippen LogP contribution in [-0.2, 0) is 14.3 Å². The van der Waals surface area contributed by atoms with Crippen LogP contribution >= 0.6 is 11.3 Å². The van der Waals surface area contributed by atoms with E-state index in [-0.39, 0.29) is 19.0 Å². The van der Waals surface area contributed by atoms with Crippen molar-refractivity contribution in [2.75, 3.05) is 26.1 Å². The lowest BCUT2D eigenvalue weighted by Crippen LogP contribution is -2.44. The maximum atomic E-state index is 12.9. The number of hydrogen-bond acceptors (Lipinski definition) is 10. The molecule has 0 unspecified atom stereocenters. The van der Waals surface area contributed by atoms with Crippen LogP contribution in [0.2, 0.25) is 0 Å². The number of methoxy groups -OCH3 is 2. The van der Waals surface area contributed by atoms with Crippen molar-refractivity contribution < 1.29 is 28.5 Å². The highest BCUT2D eigenvalue weighted by atomic mass is 32.1. The van der Waals surface area contributed by atoms with Gasteiger partial charge in [-0.25, -0.2) is 19.6 Å². The molecule has 4 rings (SSSR count). The molecule has 2 atom stereocenters. The predicted octanol–water partition coefficient (Wildman–Crippen LogP) is 5.12. The lowest BCUT2D eigenvalue weighted by atomic mass is 10.1. The Morgan fingerprint density at radius 1 is 1.13 bits per heavy atom. The molecule has 1 N–H and O–H groups in total. The van der Waals surface area contributed by atoms with Crippen molar-refractivity contribution in [1.29, 1.82) is 0 Å². The van der Waals surface area contributed by atoms with Gasteiger partial charge in [-0.1, -0.05) is 0 Å². The van der Waals surface area contributed by atoms with Crippen molar-refractivity contribution in [2.24, 2.45) is 0 Å². The topological polar surface area (TPSA) is 112 Å². The van der Waals surface area contributed by atoms with Gasteiger partial charge in [0.25, 0.3) is 0 Å². The Morgan fingerprint density at radius 3 is 2.55 bits per heavy atom. The quantitative estimate of drug-likeness (QED) is 0.407. The molecule has 1 aliphatic rings. The minimum Gasteiger partial charge on any atom is -0.497 e. The van der Waals surface area contributed by atoms with Crippen LogP contribution in [-0.4, -0.2) is 71.5 Å². The molecule has 0 spiro atoms. The summed E-state index contributed by atoms with van der Waals surface area (Å²) in [6.45, 7) is 9.61. The van der Waals surface area contributed by atoms with Gasteiger partial charge in [-0.2, -0.15) is 0 Å². The molecule has 2 aromatic heterocycles. The Labute approximate surface area is 226 Å². The molecule has 11 heteroatoms.